The first-order valence-electron chi connectivity index (χ1n) is 5.15. The third kappa shape index (κ3) is 1.95. The maximum absolute atomic E-state index is 13.2. The fourth-order valence-corrected chi connectivity index (χ4v) is 2.13. The molecule has 0 radical (unpaired) electrons. The van der Waals surface area contributed by atoms with Gasteiger partial charge in [-0.3, -0.25) is 0 Å². The topological polar surface area (TPSA) is 12.0 Å². The van der Waals surface area contributed by atoms with Crippen LogP contribution in [0.25, 0.3) is 0 Å². The Morgan fingerprint density at radius 1 is 1.36 bits per heavy atom. The second kappa shape index (κ2) is 3.70. The molecule has 1 aliphatic heterocycles. The van der Waals surface area contributed by atoms with Gasteiger partial charge in [-0.05, 0) is 49.1 Å². The Labute approximate surface area is 84.3 Å². The predicted molar refractivity (Wildman–Crippen MR) is 55.7 cm³/mol. The molecule has 1 nitrogen and oxygen atoms in total. The smallest absolute Gasteiger partial charge is 0.123 e. The summed E-state index contributed by atoms with van der Waals surface area (Å²) in [5.74, 6) is 0.574. The molecule has 1 fully saturated rings. The van der Waals surface area contributed by atoms with Gasteiger partial charge in [-0.2, -0.15) is 0 Å². The quantitative estimate of drug-likeness (QED) is 0.723. The van der Waals surface area contributed by atoms with Gasteiger partial charge in [0.1, 0.15) is 5.82 Å². The maximum atomic E-state index is 13.2. The van der Waals surface area contributed by atoms with Crippen molar-refractivity contribution in [2.75, 3.05) is 6.54 Å². The standard InChI is InChI=1S/C12H16FN/c1-8-3-10(6-11(13)4-8)12-5-9(2)7-14-12/h3-4,6,9,12,14H,5,7H2,1-2H3/t9-,12+/m0/s1. The zero-order valence-corrected chi connectivity index (χ0v) is 8.68. The Hall–Kier alpha value is -0.890. The van der Waals surface area contributed by atoms with E-state index < -0.39 is 0 Å². The van der Waals surface area contributed by atoms with Gasteiger partial charge < -0.3 is 5.32 Å². The lowest BCUT2D eigenvalue weighted by Crippen LogP contribution is -2.13. The lowest BCUT2D eigenvalue weighted by molar-refractivity contribution is 0.593. The molecule has 1 N–H and O–H groups in total. The van der Waals surface area contributed by atoms with Crippen molar-refractivity contribution in [1.82, 2.24) is 5.32 Å². The number of hydrogen-bond acceptors (Lipinski definition) is 1. The minimum atomic E-state index is -0.124. The van der Waals surface area contributed by atoms with Crippen LogP contribution in [0, 0.1) is 18.7 Å². The first-order valence-corrected chi connectivity index (χ1v) is 5.15. The van der Waals surface area contributed by atoms with Crippen molar-refractivity contribution in [3.8, 4) is 0 Å². The van der Waals surface area contributed by atoms with Gasteiger partial charge in [0.25, 0.3) is 0 Å². The molecule has 2 rings (SSSR count). The number of nitrogens with one attached hydrogen (secondary N) is 1. The molecule has 14 heavy (non-hydrogen) atoms. The molecule has 0 bridgehead atoms. The van der Waals surface area contributed by atoms with Crippen LogP contribution in [-0.2, 0) is 0 Å². The van der Waals surface area contributed by atoms with Crippen LogP contribution in [-0.4, -0.2) is 6.54 Å². The molecule has 1 aromatic rings. The van der Waals surface area contributed by atoms with E-state index in [2.05, 4.69) is 18.3 Å². The van der Waals surface area contributed by atoms with Crippen molar-refractivity contribution in [3.05, 3.63) is 35.1 Å². The van der Waals surface area contributed by atoms with Crippen LogP contribution in [0.15, 0.2) is 18.2 Å². The van der Waals surface area contributed by atoms with Crippen LogP contribution in [0.2, 0.25) is 0 Å². The summed E-state index contributed by atoms with van der Waals surface area (Å²) in [5, 5.41) is 3.41. The van der Waals surface area contributed by atoms with E-state index in [-0.39, 0.29) is 5.82 Å². The average Bonchev–Trinajstić information content (AvgIpc) is 2.50. The van der Waals surface area contributed by atoms with Crippen molar-refractivity contribution in [2.24, 2.45) is 5.92 Å². The van der Waals surface area contributed by atoms with E-state index >= 15 is 0 Å². The van der Waals surface area contributed by atoms with Crippen LogP contribution in [0.3, 0.4) is 0 Å². The molecule has 0 aromatic heterocycles. The third-order valence-electron chi connectivity index (χ3n) is 2.82. The number of halogens is 1. The molecule has 0 spiro atoms. The van der Waals surface area contributed by atoms with Gasteiger partial charge in [0, 0.05) is 6.04 Å². The van der Waals surface area contributed by atoms with Gasteiger partial charge >= 0.3 is 0 Å². The summed E-state index contributed by atoms with van der Waals surface area (Å²) < 4.78 is 13.2. The molecule has 76 valence electrons. The molecule has 1 heterocycles. The fraction of sp³-hybridized carbons (Fsp3) is 0.500. The highest BCUT2D eigenvalue weighted by Gasteiger charge is 2.22. The van der Waals surface area contributed by atoms with Gasteiger partial charge in [-0.15, -0.1) is 0 Å². The van der Waals surface area contributed by atoms with E-state index in [1.54, 1.807) is 12.1 Å². The van der Waals surface area contributed by atoms with Gasteiger partial charge in [-0.1, -0.05) is 13.0 Å². The molecule has 0 saturated carbocycles. The summed E-state index contributed by atoms with van der Waals surface area (Å²) in [6.07, 6.45) is 1.11. The fourth-order valence-electron chi connectivity index (χ4n) is 2.13. The van der Waals surface area contributed by atoms with Crippen molar-refractivity contribution >= 4 is 0 Å². The zero-order valence-electron chi connectivity index (χ0n) is 8.68. The Morgan fingerprint density at radius 3 is 2.71 bits per heavy atom. The second-order valence-electron chi connectivity index (χ2n) is 4.36. The largest absolute Gasteiger partial charge is 0.310 e. The minimum absolute atomic E-state index is 0.124. The van der Waals surface area contributed by atoms with Crippen LogP contribution in [0.1, 0.15) is 30.5 Å². The van der Waals surface area contributed by atoms with Crippen molar-refractivity contribution in [3.63, 3.8) is 0 Å². The zero-order chi connectivity index (χ0) is 10.1. The highest BCUT2D eigenvalue weighted by Crippen LogP contribution is 2.27. The summed E-state index contributed by atoms with van der Waals surface area (Å²) in [6, 6.07) is 5.63. The lowest BCUT2D eigenvalue weighted by Gasteiger charge is -2.11. The number of aryl methyl sites for hydroxylation is 1. The van der Waals surface area contributed by atoms with E-state index in [1.807, 2.05) is 6.92 Å². The summed E-state index contributed by atoms with van der Waals surface area (Å²) in [4.78, 5) is 0. The SMILES string of the molecule is Cc1cc(F)cc([C@H]2C[C@H](C)CN2)c1. The normalized spacial score (nSPS) is 26.8. The highest BCUT2D eigenvalue weighted by atomic mass is 19.1. The first kappa shape index (κ1) is 9.66. The first-order chi connectivity index (χ1) is 6.65. The Balaban J connectivity index is 2.23. The second-order valence-corrected chi connectivity index (χ2v) is 4.36. The average molecular weight is 193 g/mol. The van der Waals surface area contributed by atoms with Gasteiger partial charge in [0.2, 0.25) is 0 Å². The highest BCUT2D eigenvalue weighted by molar-refractivity contribution is 5.26. The maximum Gasteiger partial charge on any atom is 0.123 e. The van der Waals surface area contributed by atoms with E-state index in [1.165, 1.54) is 0 Å². The van der Waals surface area contributed by atoms with Crippen molar-refractivity contribution in [2.45, 2.75) is 26.3 Å². The van der Waals surface area contributed by atoms with E-state index in [0.717, 1.165) is 24.1 Å². The summed E-state index contributed by atoms with van der Waals surface area (Å²) in [7, 11) is 0. The summed E-state index contributed by atoms with van der Waals surface area (Å²) in [5.41, 5.74) is 2.09. The van der Waals surface area contributed by atoms with Crippen molar-refractivity contribution in [1.29, 1.82) is 0 Å². The monoisotopic (exact) mass is 193 g/mol. The van der Waals surface area contributed by atoms with Crippen LogP contribution in [0.5, 0.6) is 0 Å². The molecule has 0 amide bonds. The molecule has 1 saturated heterocycles. The lowest BCUT2D eigenvalue weighted by atomic mass is 10.00. The third-order valence-corrected chi connectivity index (χ3v) is 2.82. The summed E-state index contributed by atoms with van der Waals surface area (Å²) in [6.45, 7) is 5.20. The molecular formula is C12H16FN. The van der Waals surface area contributed by atoms with Crippen molar-refractivity contribution < 1.29 is 4.39 Å². The van der Waals surface area contributed by atoms with Crippen LogP contribution >= 0.6 is 0 Å². The molecule has 0 unspecified atom stereocenters. The Bertz CT molecular complexity index is 315. The molecule has 2 atom stereocenters. The molecule has 1 aliphatic rings. The molecule has 0 aliphatic carbocycles. The van der Waals surface area contributed by atoms with E-state index in [9.17, 15) is 4.39 Å². The number of benzene rings is 1. The van der Waals surface area contributed by atoms with Gasteiger partial charge in [-0.25, -0.2) is 4.39 Å². The van der Waals surface area contributed by atoms with E-state index in [4.69, 9.17) is 0 Å². The molecule has 2 heteroatoms. The Morgan fingerprint density at radius 2 is 2.14 bits per heavy atom. The summed E-state index contributed by atoms with van der Waals surface area (Å²) >= 11 is 0. The molecular weight excluding hydrogens is 177 g/mol. The molecule has 1 aromatic carbocycles. The number of hydrogen-bond donors (Lipinski definition) is 1. The Kier molecular flexibility index (Phi) is 2.55. The minimum Gasteiger partial charge on any atom is -0.310 e. The van der Waals surface area contributed by atoms with Gasteiger partial charge in [0.15, 0.2) is 0 Å². The van der Waals surface area contributed by atoms with E-state index in [0.29, 0.717) is 12.0 Å². The van der Waals surface area contributed by atoms with Crippen LogP contribution < -0.4 is 5.32 Å². The van der Waals surface area contributed by atoms with Gasteiger partial charge in [0.05, 0.1) is 0 Å². The predicted octanol–water partition coefficient (Wildman–Crippen LogP) is 2.80. The van der Waals surface area contributed by atoms with Crippen LogP contribution in [0.4, 0.5) is 4.39 Å². The number of rotatable bonds is 1.